The van der Waals surface area contributed by atoms with E-state index in [9.17, 15) is 4.79 Å². The van der Waals surface area contributed by atoms with Crippen molar-refractivity contribution in [2.45, 2.75) is 39.0 Å². The number of hydrogen-bond donors (Lipinski definition) is 0. The van der Waals surface area contributed by atoms with Gasteiger partial charge >= 0.3 is 0 Å². The van der Waals surface area contributed by atoms with Gasteiger partial charge in [-0.05, 0) is 37.6 Å². The highest BCUT2D eigenvalue weighted by Gasteiger charge is 2.32. The first-order valence-corrected chi connectivity index (χ1v) is 11.9. The van der Waals surface area contributed by atoms with Crippen LogP contribution in [0.25, 0.3) is 31.8 Å². The van der Waals surface area contributed by atoms with Crippen LogP contribution in [0.4, 0.5) is 0 Å². The largest absolute Gasteiger partial charge is 0.464 e. The smallest absolute Gasteiger partial charge is 0.271 e. The molecule has 0 atom stereocenters. The summed E-state index contributed by atoms with van der Waals surface area (Å²) < 4.78 is 14.1. The second kappa shape index (κ2) is 7.52. The Kier molecular flexibility index (Phi) is 4.69. The molecule has 0 N–H and O–H groups in total. The highest BCUT2D eigenvalue weighted by molar-refractivity contribution is 7.25. The van der Waals surface area contributed by atoms with Crippen LogP contribution in [0.15, 0.2) is 58.2 Å². The van der Waals surface area contributed by atoms with Crippen molar-refractivity contribution in [2.24, 2.45) is 0 Å². The first kappa shape index (κ1) is 20.6. The molecule has 6 rings (SSSR count). The number of nitrogens with zero attached hydrogens (tertiary/aromatic N) is 3. The van der Waals surface area contributed by atoms with Crippen LogP contribution in [0.2, 0.25) is 5.02 Å². The van der Waals surface area contributed by atoms with E-state index in [-0.39, 0.29) is 11.2 Å². The van der Waals surface area contributed by atoms with Crippen molar-refractivity contribution in [1.82, 2.24) is 14.5 Å². The Bertz CT molecular complexity index is 1580. The third-order valence-electron chi connectivity index (χ3n) is 6.05. The number of pyridine rings is 1. The van der Waals surface area contributed by atoms with Crippen molar-refractivity contribution in [2.75, 3.05) is 0 Å². The lowest BCUT2D eigenvalue weighted by molar-refractivity contribution is -0.0409. The molecule has 4 aromatic heterocycles. The maximum atomic E-state index is 13.5. The van der Waals surface area contributed by atoms with E-state index in [0.29, 0.717) is 34.8 Å². The number of ether oxygens (including phenoxy) is 1. The van der Waals surface area contributed by atoms with Gasteiger partial charge in [0.2, 0.25) is 0 Å². The molecule has 6 nitrogen and oxygen atoms in total. The molecule has 0 fully saturated rings. The number of fused-ring (bicyclic) bond motifs is 4. The van der Waals surface area contributed by atoms with Gasteiger partial charge in [-0.1, -0.05) is 29.8 Å². The van der Waals surface area contributed by atoms with E-state index >= 15 is 0 Å². The van der Waals surface area contributed by atoms with Gasteiger partial charge in [0.25, 0.3) is 5.56 Å². The summed E-state index contributed by atoms with van der Waals surface area (Å²) in [6.07, 6.45) is 3.93. The van der Waals surface area contributed by atoms with Crippen LogP contribution >= 0.6 is 22.9 Å². The summed E-state index contributed by atoms with van der Waals surface area (Å²) in [4.78, 5) is 23.9. The van der Waals surface area contributed by atoms with Gasteiger partial charge in [-0.25, -0.2) is 9.97 Å². The zero-order valence-corrected chi connectivity index (χ0v) is 19.7. The molecule has 1 aromatic carbocycles. The molecule has 1 aliphatic rings. The standard InChI is InChI=1S/C25H20ClN3O3S/c1-25(2)10-17-15(12-32-25)19(18-8-5-9-31-18)20-21-22(33-23(20)28-17)24(30)29(13-27-21)11-14-6-3-4-7-16(14)26/h3-9,13H,10-12H2,1-2H3. The summed E-state index contributed by atoms with van der Waals surface area (Å²) in [7, 11) is 0. The molecule has 8 heteroatoms. The van der Waals surface area contributed by atoms with E-state index in [2.05, 4.69) is 13.8 Å². The Hall–Kier alpha value is -3.00. The number of thiophene rings is 1. The molecule has 0 unspecified atom stereocenters. The molecule has 0 amide bonds. The molecule has 33 heavy (non-hydrogen) atoms. The molecule has 0 saturated carbocycles. The average molecular weight is 478 g/mol. The maximum Gasteiger partial charge on any atom is 0.271 e. The molecule has 166 valence electrons. The molecular weight excluding hydrogens is 458 g/mol. The van der Waals surface area contributed by atoms with Gasteiger partial charge in [0.1, 0.15) is 15.3 Å². The average Bonchev–Trinajstić information content (AvgIpc) is 3.43. The van der Waals surface area contributed by atoms with E-state index in [1.54, 1.807) is 17.2 Å². The lowest BCUT2D eigenvalue weighted by atomic mass is 9.91. The van der Waals surface area contributed by atoms with Crippen LogP contribution in [0, 0.1) is 0 Å². The fourth-order valence-electron chi connectivity index (χ4n) is 4.42. The van der Waals surface area contributed by atoms with E-state index in [4.69, 9.17) is 30.7 Å². The summed E-state index contributed by atoms with van der Waals surface area (Å²) in [5, 5.41) is 1.46. The summed E-state index contributed by atoms with van der Waals surface area (Å²) >= 11 is 7.70. The number of hydrogen-bond acceptors (Lipinski definition) is 6. The predicted molar refractivity (Wildman–Crippen MR) is 130 cm³/mol. The van der Waals surface area contributed by atoms with Crippen LogP contribution in [-0.4, -0.2) is 20.1 Å². The highest BCUT2D eigenvalue weighted by Crippen LogP contribution is 2.43. The Morgan fingerprint density at radius 2 is 2.06 bits per heavy atom. The van der Waals surface area contributed by atoms with Crippen molar-refractivity contribution in [1.29, 1.82) is 0 Å². The molecule has 0 bridgehead atoms. The van der Waals surface area contributed by atoms with Crippen molar-refractivity contribution < 1.29 is 9.15 Å². The van der Waals surface area contributed by atoms with Crippen molar-refractivity contribution in [3.8, 4) is 11.3 Å². The minimum atomic E-state index is -0.301. The van der Waals surface area contributed by atoms with Gasteiger partial charge in [0.15, 0.2) is 0 Å². The molecule has 0 spiro atoms. The summed E-state index contributed by atoms with van der Waals surface area (Å²) in [5.74, 6) is 0.726. The Labute approximate surface area is 198 Å². The van der Waals surface area contributed by atoms with Crippen molar-refractivity contribution in [3.05, 3.63) is 81.2 Å². The van der Waals surface area contributed by atoms with Crippen LogP contribution in [-0.2, 0) is 24.3 Å². The van der Waals surface area contributed by atoms with Crippen LogP contribution in [0.3, 0.4) is 0 Å². The molecule has 0 radical (unpaired) electrons. The predicted octanol–water partition coefficient (Wildman–Crippen LogP) is 5.82. The third-order valence-corrected chi connectivity index (χ3v) is 7.48. The number of rotatable bonds is 3. The van der Waals surface area contributed by atoms with Crippen molar-refractivity contribution in [3.63, 3.8) is 0 Å². The van der Waals surface area contributed by atoms with Gasteiger partial charge in [-0.15, -0.1) is 11.3 Å². The zero-order chi connectivity index (χ0) is 22.7. The molecule has 5 aromatic rings. The summed E-state index contributed by atoms with van der Waals surface area (Å²) in [5.41, 5.74) is 3.99. The second-order valence-electron chi connectivity index (χ2n) is 8.84. The van der Waals surface area contributed by atoms with Crippen LogP contribution in [0.5, 0.6) is 0 Å². The first-order valence-electron chi connectivity index (χ1n) is 10.7. The first-order chi connectivity index (χ1) is 15.9. The number of benzene rings is 1. The van der Waals surface area contributed by atoms with Gasteiger partial charge in [-0.2, -0.15) is 0 Å². The molecule has 0 aliphatic carbocycles. The SMILES string of the molecule is CC1(C)Cc2nc3sc4c(=O)n(Cc5ccccc5Cl)cnc4c3c(-c3ccco3)c2CO1. The monoisotopic (exact) mass is 477 g/mol. The minimum Gasteiger partial charge on any atom is -0.464 e. The molecule has 5 heterocycles. The fourth-order valence-corrected chi connectivity index (χ4v) is 5.72. The Morgan fingerprint density at radius 1 is 1.21 bits per heavy atom. The quantitative estimate of drug-likeness (QED) is 0.327. The number of halogens is 1. The highest BCUT2D eigenvalue weighted by atomic mass is 35.5. The Balaban J connectivity index is 1.61. The summed E-state index contributed by atoms with van der Waals surface area (Å²) in [6.45, 7) is 4.91. The van der Waals surface area contributed by atoms with E-state index in [1.807, 2.05) is 36.4 Å². The Morgan fingerprint density at radius 3 is 2.85 bits per heavy atom. The van der Waals surface area contributed by atoms with Gasteiger partial charge in [-0.3, -0.25) is 9.36 Å². The third kappa shape index (κ3) is 3.39. The molecular formula is C25H20ClN3O3S. The van der Waals surface area contributed by atoms with Crippen LogP contribution < -0.4 is 5.56 Å². The fraction of sp³-hybridized carbons (Fsp3) is 0.240. The minimum absolute atomic E-state index is 0.108. The number of aromatic nitrogens is 3. The summed E-state index contributed by atoms with van der Waals surface area (Å²) in [6, 6.07) is 11.3. The zero-order valence-electron chi connectivity index (χ0n) is 18.1. The van der Waals surface area contributed by atoms with Crippen molar-refractivity contribution >= 4 is 43.4 Å². The van der Waals surface area contributed by atoms with Gasteiger partial charge in [0, 0.05) is 28.0 Å². The van der Waals surface area contributed by atoms with Crippen LogP contribution in [0.1, 0.15) is 30.7 Å². The lowest BCUT2D eigenvalue weighted by Crippen LogP contribution is -2.32. The number of furan rings is 1. The van der Waals surface area contributed by atoms with Gasteiger partial charge in [0.05, 0.1) is 42.6 Å². The van der Waals surface area contributed by atoms with E-state index in [0.717, 1.165) is 38.4 Å². The maximum absolute atomic E-state index is 13.5. The molecule has 0 saturated heterocycles. The van der Waals surface area contributed by atoms with E-state index in [1.165, 1.54) is 11.3 Å². The normalized spacial score (nSPS) is 15.2. The van der Waals surface area contributed by atoms with E-state index < -0.39 is 0 Å². The molecule has 1 aliphatic heterocycles. The lowest BCUT2D eigenvalue weighted by Gasteiger charge is -2.32. The second-order valence-corrected chi connectivity index (χ2v) is 10.2. The topological polar surface area (TPSA) is 70.2 Å². The van der Waals surface area contributed by atoms with Gasteiger partial charge < -0.3 is 9.15 Å².